The van der Waals surface area contributed by atoms with Crippen LogP contribution in [0.1, 0.15) is 6.23 Å². The molecular weight excluding hydrogens is 300 g/mol. The number of aliphatic hydroxyl groups excluding tert-OH is 3. The van der Waals surface area contributed by atoms with Crippen LogP contribution in [0.25, 0.3) is 11.2 Å². The van der Waals surface area contributed by atoms with Crippen molar-refractivity contribution in [2.75, 3.05) is 12.3 Å². The summed E-state index contributed by atoms with van der Waals surface area (Å²) in [5, 5.41) is 40.1. The first-order chi connectivity index (χ1) is 10.5. The zero-order chi connectivity index (χ0) is 16.0. The molecule has 1 fully saturated rings. The molecular formula is C10H12N6O6. The van der Waals surface area contributed by atoms with Crippen molar-refractivity contribution < 1.29 is 25.0 Å². The third kappa shape index (κ3) is 1.97. The van der Waals surface area contributed by atoms with Gasteiger partial charge in [-0.05, 0) is 4.92 Å². The Morgan fingerprint density at radius 1 is 1.41 bits per heavy atom. The minimum Gasteiger partial charge on any atom is -0.394 e. The van der Waals surface area contributed by atoms with E-state index in [1.807, 2.05) is 0 Å². The summed E-state index contributed by atoms with van der Waals surface area (Å²) in [7, 11) is 0. The van der Waals surface area contributed by atoms with E-state index < -0.39 is 42.0 Å². The van der Waals surface area contributed by atoms with Gasteiger partial charge >= 0.3 is 5.95 Å². The molecule has 0 unspecified atom stereocenters. The molecule has 12 heteroatoms. The minimum absolute atomic E-state index is 0.0194. The molecule has 3 heterocycles. The Morgan fingerprint density at radius 3 is 2.73 bits per heavy atom. The smallest absolute Gasteiger partial charge is 0.394 e. The fourth-order valence-corrected chi connectivity index (χ4v) is 2.37. The zero-order valence-corrected chi connectivity index (χ0v) is 11.0. The monoisotopic (exact) mass is 312 g/mol. The van der Waals surface area contributed by atoms with E-state index in [1.54, 1.807) is 0 Å². The first-order valence-corrected chi connectivity index (χ1v) is 6.21. The molecule has 2 aromatic rings. The van der Waals surface area contributed by atoms with Crippen LogP contribution in [0.4, 0.5) is 11.8 Å². The fraction of sp³-hybridized carbons (Fsp3) is 0.500. The van der Waals surface area contributed by atoms with Crippen LogP contribution < -0.4 is 5.73 Å². The second-order valence-corrected chi connectivity index (χ2v) is 4.70. The molecule has 4 atom stereocenters. The van der Waals surface area contributed by atoms with Crippen molar-refractivity contribution in [3.63, 3.8) is 0 Å². The van der Waals surface area contributed by atoms with Crippen molar-refractivity contribution in [3.8, 4) is 0 Å². The molecule has 0 aromatic carbocycles. The Balaban J connectivity index is 2.19. The van der Waals surface area contributed by atoms with E-state index >= 15 is 0 Å². The van der Waals surface area contributed by atoms with E-state index in [0.29, 0.717) is 0 Å². The topological polar surface area (TPSA) is 183 Å². The van der Waals surface area contributed by atoms with Gasteiger partial charge in [-0.2, -0.15) is 4.57 Å². The number of imidazole rings is 1. The third-order valence-electron chi connectivity index (χ3n) is 3.42. The quantitative estimate of drug-likeness (QED) is 0.362. The molecule has 0 amide bonds. The van der Waals surface area contributed by atoms with Crippen LogP contribution >= 0.6 is 0 Å². The lowest BCUT2D eigenvalue weighted by Gasteiger charge is -2.13. The van der Waals surface area contributed by atoms with Gasteiger partial charge in [-0.15, -0.1) is 0 Å². The molecule has 0 saturated carbocycles. The number of hydrogen-bond donors (Lipinski definition) is 4. The summed E-state index contributed by atoms with van der Waals surface area (Å²) >= 11 is 0. The molecule has 0 aliphatic carbocycles. The second-order valence-electron chi connectivity index (χ2n) is 4.70. The van der Waals surface area contributed by atoms with Crippen LogP contribution in [0.2, 0.25) is 0 Å². The molecule has 1 aliphatic heterocycles. The Bertz CT molecular complexity index is 734. The van der Waals surface area contributed by atoms with E-state index in [9.17, 15) is 20.3 Å². The van der Waals surface area contributed by atoms with Crippen molar-refractivity contribution in [1.82, 2.24) is 19.5 Å². The van der Waals surface area contributed by atoms with Crippen LogP contribution in [-0.4, -0.2) is 64.7 Å². The summed E-state index contributed by atoms with van der Waals surface area (Å²) in [6, 6.07) is 0. The van der Waals surface area contributed by atoms with Gasteiger partial charge in [-0.3, -0.25) is 0 Å². The molecule has 0 spiro atoms. The Morgan fingerprint density at radius 2 is 2.14 bits per heavy atom. The number of hydrogen-bond acceptors (Lipinski definition) is 10. The fourth-order valence-electron chi connectivity index (χ4n) is 2.37. The van der Waals surface area contributed by atoms with Crippen molar-refractivity contribution >= 4 is 22.9 Å². The van der Waals surface area contributed by atoms with Gasteiger partial charge in [0.05, 0.1) is 6.61 Å². The highest BCUT2D eigenvalue weighted by Crippen LogP contribution is 2.35. The maximum absolute atomic E-state index is 11.2. The maximum atomic E-state index is 11.2. The molecule has 1 aliphatic rings. The number of nitrogen functional groups attached to an aromatic ring is 1. The Hall–Kier alpha value is -2.41. The van der Waals surface area contributed by atoms with Crippen LogP contribution in [-0.2, 0) is 4.74 Å². The average molecular weight is 312 g/mol. The summed E-state index contributed by atoms with van der Waals surface area (Å²) in [5.74, 6) is -0.740. The second kappa shape index (κ2) is 5.10. The number of anilines is 1. The minimum atomic E-state index is -1.51. The number of nitrogens with zero attached hydrogens (tertiary/aromatic N) is 5. The van der Waals surface area contributed by atoms with Gasteiger partial charge in [-0.1, -0.05) is 4.98 Å². The number of nitro groups is 1. The molecule has 5 N–H and O–H groups in total. The molecule has 1 saturated heterocycles. The van der Waals surface area contributed by atoms with Crippen molar-refractivity contribution in [3.05, 3.63) is 16.4 Å². The maximum Gasteiger partial charge on any atom is 0.439 e. The van der Waals surface area contributed by atoms with Gasteiger partial charge in [0.1, 0.15) is 24.6 Å². The number of aromatic nitrogens is 4. The highest BCUT2D eigenvalue weighted by atomic mass is 16.6. The zero-order valence-electron chi connectivity index (χ0n) is 11.0. The average Bonchev–Trinajstić information content (AvgIpc) is 3.00. The van der Waals surface area contributed by atoms with Gasteiger partial charge in [0.2, 0.25) is 17.4 Å². The summed E-state index contributed by atoms with van der Waals surface area (Å²) in [4.78, 5) is 21.7. The van der Waals surface area contributed by atoms with E-state index in [2.05, 4.69) is 15.0 Å². The van der Waals surface area contributed by atoms with Crippen molar-refractivity contribution in [2.24, 2.45) is 0 Å². The Labute approximate surface area is 121 Å². The van der Waals surface area contributed by atoms with Gasteiger partial charge in [0.15, 0.2) is 5.82 Å². The van der Waals surface area contributed by atoms with Gasteiger partial charge in [0.25, 0.3) is 0 Å². The predicted molar refractivity (Wildman–Crippen MR) is 69.4 cm³/mol. The largest absolute Gasteiger partial charge is 0.439 e. The summed E-state index contributed by atoms with van der Waals surface area (Å²) < 4.78 is 6.20. The van der Waals surface area contributed by atoms with E-state index in [-0.39, 0.29) is 17.0 Å². The number of aliphatic hydroxyl groups is 3. The van der Waals surface area contributed by atoms with E-state index in [1.165, 1.54) is 0 Å². The number of nitrogens with two attached hydrogens (primary N) is 1. The standard InChI is InChI=1S/C10H12N6O6/c11-7-4-8(13-2-12-7)15(10(14-4)16(20)21)9-6(19)5(18)3(1-17)22-9/h2-3,5-6,9,17-19H,1H2,(H2,11,12,13)/t3-,5-,6-,9-/m1/s1. The molecule has 0 radical (unpaired) electrons. The number of ether oxygens (including phenoxy) is 1. The van der Waals surface area contributed by atoms with Crippen molar-refractivity contribution in [2.45, 2.75) is 24.5 Å². The lowest BCUT2D eigenvalue weighted by Crippen LogP contribution is -2.33. The van der Waals surface area contributed by atoms with Crippen LogP contribution in [0.15, 0.2) is 6.33 Å². The first-order valence-electron chi connectivity index (χ1n) is 6.21. The van der Waals surface area contributed by atoms with Crippen LogP contribution in [0.5, 0.6) is 0 Å². The predicted octanol–water partition coefficient (Wildman–Crippen LogP) is -2.07. The van der Waals surface area contributed by atoms with Gasteiger partial charge in [-0.25, -0.2) is 9.97 Å². The summed E-state index contributed by atoms with van der Waals surface area (Å²) in [6.07, 6.45) is -4.26. The van der Waals surface area contributed by atoms with Crippen LogP contribution in [0.3, 0.4) is 0 Å². The lowest BCUT2D eigenvalue weighted by atomic mass is 10.1. The highest BCUT2D eigenvalue weighted by Gasteiger charge is 2.48. The normalized spacial score (nSPS) is 28.3. The highest BCUT2D eigenvalue weighted by molar-refractivity contribution is 5.83. The van der Waals surface area contributed by atoms with Crippen LogP contribution in [0, 0.1) is 10.1 Å². The van der Waals surface area contributed by atoms with E-state index in [4.69, 9.17) is 15.6 Å². The third-order valence-corrected chi connectivity index (χ3v) is 3.42. The Kier molecular flexibility index (Phi) is 3.37. The molecule has 3 rings (SSSR count). The van der Waals surface area contributed by atoms with Gasteiger partial charge < -0.3 is 35.9 Å². The van der Waals surface area contributed by atoms with Crippen molar-refractivity contribution in [1.29, 1.82) is 0 Å². The summed E-state index contributed by atoms with van der Waals surface area (Å²) in [6.45, 7) is -0.563. The summed E-state index contributed by atoms with van der Waals surface area (Å²) in [5.41, 5.74) is 5.57. The molecule has 2 aromatic heterocycles. The number of fused-ring (bicyclic) bond motifs is 1. The molecule has 12 nitrogen and oxygen atoms in total. The molecule has 118 valence electrons. The lowest BCUT2D eigenvalue weighted by molar-refractivity contribution is -0.398. The number of rotatable bonds is 3. The molecule has 22 heavy (non-hydrogen) atoms. The van der Waals surface area contributed by atoms with Gasteiger partial charge in [0, 0.05) is 0 Å². The SMILES string of the molecule is Nc1ncnc2c1nc([N+](=O)[O-])n2[C@@H]1O[C@H](CO)[C@@H](O)[C@H]1O. The first kappa shape index (κ1) is 14.5. The van der Waals surface area contributed by atoms with E-state index in [0.717, 1.165) is 10.9 Å². The molecule has 0 bridgehead atoms.